The van der Waals surface area contributed by atoms with E-state index in [0.717, 1.165) is 4.52 Å². The van der Waals surface area contributed by atoms with Crippen LogP contribution in [-0.4, -0.2) is 19.6 Å². The molecule has 3 aromatic heterocycles. The predicted molar refractivity (Wildman–Crippen MR) is 66.2 cm³/mol. The molecule has 0 N–H and O–H groups in total. The monoisotopic (exact) mass is 298 g/mol. The lowest BCUT2D eigenvalue weighted by Gasteiger charge is -2.05. The number of alkyl halides is 3. The molecule has 0 saturated heterocycles. The van der Waals surface area contributed by atoms with E-state index in [0.29, 0.717) is 0 Å². The second-order valence-corrected chi connectivity index (χ2v) is 4.37. The average Bonchev–Trinajstić information content (AvgIpc) is 2.78. The van der Waals surface area contributed by atoms with Crippen LogP contribution in [0, 0.1) is 0 Å². The molecule has 0 aliphatic heterocycles. The topological polar surface area (TPSA) is 43.1 Å². The van der Waals surface area contributed by atoms with Crippen LogP contribution in [0.15, 0.2) is 36.8 Å². The van der Waals surface area contributed by atoms with Gasteiger partial charge >= 0.3 is 6.18 Å². The molecule has 0 fully saturated rings. The van der Waals surface area contributed by atoms with E-state index in [1.807, 2.05) is 0 Å². The van der Waals surface area contributed by atoms with Crippen LogP contribution in [0.5, 0.6) is 0 Å². The first-order valence-electron chi connectivity index (χ1n) is 5.49. The van der Waals surface area contributed by atoms with Gasteiger partial charge in [0.2, 0.25) is 0 Å². The summed E-state index contributed by atoms with van der Waals surface area (Å²) in [5.41, 5.74) is -0.823. The third kappa shape index (κ3) is 2.09. The molecule has 0 aliphatic carbocycles. The molecule has 0 saturated carbocycles. The largest absolute Gasteiger partial charge is 0.435 e. The van der Waals surface area contributed by atoms with E-state index in [2.05, 4.69) is 15.1 Å². The summed E-state index contributed by atoms with van der Waals surface area (Å²) >= 11 is 5.70. The van der Waals surface area contributed by atoms with E-state index in [1.165, 1.54) is 24.7 Å². The highest BCUT2D eigenvalue weighted by Crippen LogP contribution is 2.38. The Balaban J connectivity index is 2.37. The van der Waals surface area contributed by atoms with E-state index in [4.69, 9.17) is 11.6 Å². The van der Waals surface area contributed by atoms with Gasteiger partial charge in [-0.25, -0.2) is 9.50 Å². The number of aromatic nitrogens is 4. The second-order valence-electron chi connectivity index (χ2n) is 3.98. The average molecular weight is 299 g/mol. The van der Waals surface area contributed by atoms with Crippen LogP contribution >= 0.6 is 11.6 Å². The van der Waals surface area contributed by atoms with Gasteiger partial charge in [-0.2, -0.15) is 18.3 Å². The fourth-order valence-corrected chi connectivity index (χ4v) is 2.06. The molecule has 3 aromatic rings. The first-order valence-corrected chi connectivity index (χ1v) is 5.87. The van der Waals surface area contributed by atoms with E-state index in [9.17, 15) is 13.2 Å². The van der Waals surface area contributed by atoms with Crippen molar-refractivity contribution in [2.45, 2.75) is 6.18 Å². The van der Waals surface area contributed by atoms with Crippen LogP contribution in [0.4, 0.5) is 13.2 Å². The molecule has 0 bridgehead atoms. The predicted octanol–water partition coefficient (Wildman–Crippen LogP) is 3.46. The van der Waals surface area contributed by atoms with Gasteiger partial charge in [-0.1, -0.05) is 17.7 Å². The minimum Gasteiger partial charge on any atom is -0.259 e. The summed E-state index contributed by atoms with van der Waals surface area (Å²) in [5, 5.41) is 3.59. The van der Waals surface area contributed by atoms with Crippen molar-refractivity contribution in [1.82, 2.24) is 19.6 Å². The van der Waals surface area contributed by atoms with Crippen molar-refractivity contribution in [3.8, 4) is 11.3 Å². The zero-order valence-electron chi connectivity index (χ0n) is 9.76. The van der Waals surface area contributed by atoms with Gasteiger partial charge in [-0.3, -0.25) is 4.98 Å². The van der Waals surface area contributed by atoms with Crippen LogP contribution in [0.25, 0.3) is 16.8 Å². The van der Waals surface area contributed by atoms with Gasteiger partial charge in [-0.05, 0) is 12.1 Å². The number of nitrogens with zero attached hydrogens (tertiary/aromatic N) is 4. The number of hydrogen-bond acceptors (Lipinski definition) is 3. The number of hydrogen-bond donors (Lipinski definition) is 0. The van der Waals surface area contributed by atoms with E-state index in [-0.39, 0.29) is 21.9 Å². The molecular weight excluding hydrogens is 293 g/mol. The number of rotatable bonds is 1. The van der Waals surface area contributed by atoms with Crippen molar-refractivity contribution in [2.75, 3.05) is 0 Å². The van der Waals surface area contributed by atoms with Gasteiger partial charge < -0.3 is 0 Å². The SMILES string of the molecule is FC(F)(F)c1nn2ccccc2c1-c1cncc(Cl)n1. The molecule has 3 heterocycles. The summed E-state index contributed by atoms with van der Waals surface area (Å²) in [6.07, 6.45) is -0.674. The Labute approximate surface area is 115 Å². The highest BCUT2D eigenvalue weighted by atomic mass is 35.5. The molecule has 4 nitrogen and oxygen atoms in total. The second kappa shape index (κ2) is 4.45. The lowest BCUT2D eigenvalue weighted by atomic mass is 10.1. The Hall–Kier alpha value is -2.15. The summed E-state index contributed by atoms with van der Waals surface area (Å²) in [5.74, 6) is 0. The van der Waals surface area contributed by atoms with Crippen LogP contribution in [0.3, 0.4) is 0 Å². The number of halogens is 4. The van der Waals surface area contributed by atoms with Gasteiger partial charge in [0.05, 0.1) is 29.2 Å². The zero-order valence-corrected chi connectivity index (χ0v) is 10.5. The molecule has 0 atom stereocenters. The summed E-state index contributed by atoms with van der Waals surface area (Å²) in [6.45, 7) is 0. The lowest BCUT2D eigenvalue weighted by molar-refractivity contribution is -0.140. The summed E-state index contributed by atoms with van der Waals surface area (Å²) in [6, 6.07) is 4.74. The van der Waals surface area contributed by atoms with Gasteiger partial charge in [0, 0.05) is 6.20 Å². The minimum absolute atomic E-state index is 0.0194. The van der Waals surface area contributed by atoms with Crippen molar-refractivity contribution in [2.24, 2.45) is 0 Å². The molecular formula is C12H6ClF3N4. The molecule has 20 heavy (non-hydrogen) atoms. The zero-order chi connectivity index (χ0) is 14.3. The smallest absolute Gasteiger partial charge is 0.259 e. The molecule has 0 radical (unpaired) electrons. The van der Waals surface area contributed by atoms with Crippen molar-refractivity contribution in [1.29, 1.82) is 0 Å². The number of fused-ring (bicyclic) bond motifs is 1. The Morgan fingerprint density at radius 3 is 2.65 bits per heavy atom. The maximum absolute atomic E-state index is 13.1. The summed E-state index contributed by atoms with van der Waals surface area (Å²) in [4.78, 5) is 7.66. The quantitative estimate of drug-likeness (QED) is 0.691. The van der Waals surface area contributed by atoms with E-state index < -0.39 is 11.9 Å². The van der Waals surface area contributed by atoms with Crippen molar-refractivity contribution < 1.29 is 13.2 Å². The Morgan fingerprint density at radius 2 is 1.95 bits per heavy atom. The van der Waals surface area contributed by atoms with Crippen molar-refractivity contribution >= 4 is 17.1 Å². The molecule has 0 amide bonds. The highest BCUT2D eigenvalue weighted by Gasteiger charge is 2.38. The third-order valence-electron chi connectivity index (χ3n) is 2.67. The van der Waals surface area contributed by atoms with Crippen LogP contribution in [-0.2, 0) is 6.18 Å². The van der Waals surface area contributed by atoms with Gasteiger partial charge in [0.1, 0.15) is 5.15 Å². The van der Waals surface area contributed by atoms with Crippen LogP contribution in [0.1, 0.15) is 5.69 Å². The minimum atomic E-state index is -4.59. The van der Waals surface area contributed by atoms with Crippen LogP contribution in [0.2, 0.25) is 5.15 Å². The van der Waals surface area contributed by atoms with Crippen LogP contribution < -0.4 is 0 Å². The van der Waals surface area contributed by atoms with Crippen molar-refractivity contribution in [3.05, 3.63) is 47.6 Å². The highest BCUT2D eigenvalue weighted by molar-refractivity contribution is 6.29. The first-order chi connectivity index (χ1) is 9.47. The van der Waals surface area contributed by atoms with Gasteiger partial charge in [-0.15, -0.1) is 0 Å². The van der Waals surface area contributed by atoms with E-state index in [1.54, 1.807) is 12.1 Å². The molecule has 0 aromatic carbocycles. The number of pyridine rings is 1. The Kier molecular flexibility index (Phi) is 2.86. The lowest BCUT2D eigenvalue weighted by Crippen LogP contribution is -2.08. The molecule has 0 unspecified atom stereocenters. The summed E-state index contributed by atoms with van der Waals surface area (Å²) in [7, 11) is 0. The summed E-state index contributed by atoms with van der Waals surface area (Å²) < 4.78 is 40.5. The molecule has 102 valence electrons. The van der Waals surface area contributed by atoms with Gasteiger partial charge in [0.15, 0.2) is 5.69 Å². The maximum atomic E-state index is 13.1. The maximum Gasteiger partial charge on any atom is 0.435 e. The normalized spacial score (nSPS) is 12.0. The fraction of sp³-hybridized carbons (Fsp3) is 0.0833. The Morgan fingerprint density at radius 1 is 1.15 bits per heavy atom. The molecule has 3 rings (SSSR count). The Bertz CT molecular complexity index is 782. The third-order valence-corrected chi connectivity index (χ3v) is 2.85. The van der Waals surface area contributed by atoms with Crippen molar-refractivity contribution in [3.63, 3.8) is 0 Å². The molecule has 0 aliphatic rings. The van der Waals surface area contributed by atoms with E-state index >= 15 is 0 Å². The standard InChI is InChI=1S/C12H6ClF3N4/c13-9-6-17-5-7(18-9)10-8-3-1-2-4-20(8)19-11(10)12(14,15)16/h1-6H. The first kappa shape index (κ1) is 12.9. The fourth-order valence-electron chi connectivity index (χ4n) is 1.91. The molecule has 0 spiro atoms. The molecule has 8 heteroatoms. The van der Waals surface area contributed by atoms with Gasteiger partial charge in [0.25, 0.3) is 0 Å².